The Bertz CT molecular complexity index is 919. The summed E-state index contributed by atoms with van der Waals surface area (Å²) in [5, 5.41) is 0.314. The predicted octanol–water partition coefficient (Wildman–Crippen LogP) is 10.3. The molecule has 0 aliphatic carbocycles. The van der Waals surface area contributed by atoms with Crippen molar-refractivity contribution in [3.8, 4) is 11.8 Å². The van der Waals surface area contributed by atoms with Crippen molar-refractivity contribution >= 4 is 22.6 Å². The highest BCUT2D eigenvalue weighted by Crippen LogP contribution is 2.38. The van der Waals surface area contributed by atoms with Gasteiger partial charge in [0, 0.05) is 6.42 Å². The molecule has 0 heterocycles. The summed E-state index contributed by atoms with van der Waals surface area (Å²) in [4.78, 5) is 11.2. The smallest absolute Gasteiger partial charge is 0.305 e. The highest BCUT2D eigenvalue weighted by molar-refractivity contribution is 6.74. The minimum Gasteiger partial charge on any atom is -0.469 e. The van der Waals surface area contributed by atoms with Crippen LogP contribution >= 0.6 is 0 Å². The zero-order chi connectivity index (χ0) is 31.6. The van der Waals surface area contributed by atoms with E-state index in [2.05, 4.69) is 122 Å². The van der Waals surface area contributed by atoms with Gasteiger partial charge in [-0.2, -0.15) is 0 Å². The van der Waals surface area contributed by atoms with Crippen molar-refractivity contribution in [2.45, 2.75) is 148 Å². The number of esters is 1. The summed E-state index contributed by atoms with van der Waals surface area (Å²) < 4.78 is 18.0. The van der Waals surface area contributed by atoms with E-state index in [1.807, 2.05) is 18.2 Å². The third-order valence-corrected chi connectivity index (χ3v) is 17.1. The number of allylic oxidation sites excluding steroid dienone is 6. The van der Waals surface area contributed by atoms with Gasteiger partial charge >= 0.3 is 5.97 Å². The summed E-state index contributed by atoms with van der Waals surface area (Å²) >= 11 is 0. The molecule has 0 rings (SSSR count). The van der Waals surface area contributed by atoms with Gasteiger partial charge in [0.15, 0.2) is 16.6 Å². The third kappa shape index (κ3) is 17.8. The maximum Gasteiger partial charge on any atom is 0.305 e. The van der Waals surface area contributed by atoms with Crippen LogP contribution in [0.1, 0.15) is 99.8 Å². The van der Waals surface area contributed by atoms with Gasteiger partial charge < -0.3 is 13.6 Å². The molecule has 0 aromatic rings. The molecule has 0 aromatic heterocycles. The van der Waals surface area contributed by atoms with E-state index in [1.54, 1.807) is 0 Å². The fourth-order valence-electron chi connectivity index (χ4n) is 3.35. The average Bonchev–Trinajstić information content (AvgIpc) is 2.85. The summed E-state index contributed by atoms with van der Waals surface area (Å²) in [6.07, 6.45) is 24.0. The Labute approximate surface area is 256 Å². The number of carbonyl (C=O) groups excluding carboxylic acids is 1. The van der Waals surface area contributed by atoms with Crippen molar-refractivity contribution in [2.24, 2.45) is 0 Å². The van der Waals surface area contributed by atoms with Gasteiger partial charge in [0.25, 0.3) is 0 Å². The predicted molar refractivity (Wildman–Crippen MR) is 183 cm³/mol. The first-order valence-corrected chi connectivity index (χ1v) is 21.4. The lowest BCUT2D eigenvalue weighted by Gasteiger charge is -2.38. The number of hydrogen-bond acceptors (Lipinski definition) is 4. The lowest BCUT2D eigenvalue weighted by atomic mass is 10.1. The Balaban J connectivity index is 5.37. The Morgan fingerprint density at radius 2 is 1.46 bits per heavy atom. The van der Waals surface area contributed by atoms with Crippen LogP contribution in [0.3, 0.4) is 0 Å². The molecule has 0 N–H and O–H groups in total. The standard InChI is InChI=1S/C35H62O4Si2/c1-13-14-21-26-31(38-40(9,10)34(2,3)4)28-23-19-20-24-29-32(39-41(11,12)35(5,6)7)27-22-17-15-16-18-25-30-33(36)37-8/h16-20,22,24,29,31-32H,13-15,21,25-27,30H2,1-12H3/b18-16-,20-19+,22-17-,29-24+/t31-,32+/m1/s1. The summed E-state index contributed by atoms with van der Waals surface area (Å²) in [5.41, 5.74) is 0. The molecule has 234 valence electrons. The van der Waals surface area contributed by atoms with Crippen LogP contribution in [0.25, 0.3) is 0 Å². The van der Waals surface area contributed by atoms with Gasteiger partial charge in [-0.25, -0.2) is 0 Å². The SMILES string of the molecule is CCCCC[C@H](C#C/C=C/C=C/[C@H](C/C=C\C/C=C\CCC(=O)OC)O[Si](C)(C)C(C)(C)C)O[Si](C)(C)C(C)(C)C. The molecule has 0 spiro atoms. The molecule has 0 saturated heterocycles. The van der Waals surface area contributed by atoms with E-state index in [4.69, 9.17) is 8.85 Å². The normalized spacial score (nSPS) is 15.1. The highest BCUT2D eigenvalue weighted by atomic mass is 28.4. The zero-order valence-corrected chi connectivity index (χ0v) is 30.6. The van der Waals surface area contributed by atoms with Crippen LogP contribution in [0.15, 0.2) is 48.6 Å². The maximum atomic E-state index is 11.2. The first kappa shape index (κ1) is 39.3. The van der Waals surface area contributed by atoms with E-state index < -0.39 is 16.6 Å². The number of rotatable bonds is 17. The second-order valence-corrected chi connectivity index (χ2v) is 23.4. The van der Waals surface area contributed by atoms with Crippen LogP contribution in [0.2, 0.25) is 36.3 Å². The maximum absolute atomic E-state index is 11.2. The van der Waals surface area contributed by atoms with Gasteiger partial charge in [-0.15, -0.1) is 0 Å². The Kier molecular flexibility index (Phi) is 18.7. The summed E-state index contributed by atoms with van der Waals surface area (Å²) in [6, 6.07) is 0. The van der Waals surface area contributed by atoms with Crippen molar-refractivity contribution in [2.75, 3.05) is 7.11 Å². The molecule has 0 amide bonds. The van der Waals surface area contributed by atoms with Crippen molar-refractivity contribution in [1.29, 1.82) is 0 Å². The first-order chi connectivity index (χ1) is 19.0. The highest BCUT2D eigenvalue weighted by Gasteiger charge is 2.39. The average molecular weight is 603 g/mol. The number of ether oxygens (including phenoxy) is 1. The summed E-state index contributed by atoms with van der Waals surface area (Å²) in [5.74, 6) is 6.48. The van der Waals surface area contributed by atoms with E-state index in [1.165, 1.54) is 20.0 Å². The Morgan fingerprint density at radius 3 is 2.05 bits per heavy atom. The molecule has 4 nitrogen and oxygen atoms in total. The third-order valence-electron chi connectivity index (χ3n) is 8.14. The topological polar surface area (TPSA) is 44.8 Å². The van der Waals surface area contributed by atoms with Crippen LogP contribution in [0.5, 0.6) is 0 Å². The van der Waals surface area contributed by atoms with Crippen molar-refractivity contribution < 1.29 is 18.4 Å². The minimum absolute atomic E-state index is 0.00890. The van der Waals surface area contributed by atoms with Crippen LogP contribution < -0.4 is 0 Å². The second kappa shape index (κ2) is 19.5. The Hall–Kier alpha value is -1.66. The molecular weight excluding hydrogens is 541 g/mol. The molecule has 0 radical (unpaired) electrons. The molecule has 2 atom stereocenters. The number of hydrogen-bond donors (Lipinski definition) is 0. The van der Waals surface area contributed by atoms with Gasteiger partial charge in [-0.3, -0.25) is 4.79 Å². The molecule has 0 aliphatic rings. The number of methoxy groups -OCH3 is 1. The number of carbonyl (C=O) groups is 1. The molecule has 0 aliphatic heterocycles. The number of unbranched alkanes of at least 4 members (excludes halogenated alkanes) is 2. The van der Waals surface area contributed by atoms with E-state index in [0.717, 1.165) is 25.7 Å². The monoisotopic (exact) mass is 602 g/mol. The molecule has 0 unspecified atom stereocenters. The van der Waals surface area contributed by atoms with Crippen LogP contribution in [-0.4, -0.2) is 41.9 Å². The van der Waals surface area contributed by atoms with Crippen molar-refractivity contribution in [1.82, 2.24) is 0 Å². The van der Waals surface area contributed by atoms with Crippen LogP contribution in [0.4, 0.5) is 0 Å². The Morgan fingerprint density at radius 1 is 0.854 bits per heavy atom. The van der Waals surface area contributed by atoms with Gasteiger partial charge in [0.2, 0.25) is 0 Å². The fourth-order valence-corrected chi connectivity index (χ4v) is 5.88. The first-order valence-electron chi connectivity index (χ1n) is 15.5. The van der Waals surface area contributed by atoms with Crippen LogP contribution in [0, 0.1) is 11.8 Å². The molecule has 0 fully saturated rings. The van der Waals surface area contributed by atoms with E-state index in [-0.39, 0.29) is 28.3 Å². The van der Waals surface area contributed by atoms with Crippen molar-refractivity contribution in [3.05, 3.63) is 48.6 Å². The molecule has 0 bridgehead atoms. The molecule has 41 heavy (non-hydrogen) atoms. The molecule has 6 heteroatoms. The lowest BCUT2D eigenvalue weighted by Crippen LogP contribution is -2.43. The summed E-state index contributed by atoms with van der Waals surface area (Å²) in [6.45, 7) is 25.1. The van der Waals surface area contributed by atoms with Crippen molar-refractivity contribution in [3.63, 3.8) is 0 Å². The summed E-state index contributed by atoms with van der Waals surface area (Å²) in [7, 11) is -2.37. The molecular formula is C35H62O4Si2. The second-order valence-electron chi connectivity index (χ2n) is 13.8. The van der Waals surface area contributed by atoms with Gasteiger partial charge in [-0.1, -0.05) is 116 Å². The van der Waals surface area contributed by atoms with E-state index >= 15 is 0 Å². The van der Waals surface area contributed by atoms with Gasteiger partial charge in [0.05, 0.1) is 13.2 Å². The van der Waals surface area contributed by atoms with Gasteiger partial charge in [-0.05, 0) is 74.4 Å². The van der Waals surface area contributed by atoms with Crippen LogP contribution in [-0.2, 0) is 18.4 Å². The van der Waals surface area contributed by atoms with E-state index in [9.17, 15) is 4.79 Å². The lowest BCUT2D eigenvalue weighted by molar-refractivity contribution is -0.140. The minimum atomic E-state index is -1.92. The zero-order valence-electron chi connectivity index (χ0n) is 28.6. The molecule has 0 saturated carbocycles. The van der Waals surface area contributed by atoms with E-state index in [0.29, 0.717) is 12.8 Å². The fraction of sp³-hybridized carbons (Fsp3) is 0.686. The quantitative estimate of drug-likeness (QED) is 0.0415. The largest absolute Gasteiger partial charge is 0.469 e. The molecule has 0 aromatic carbocycles. The van der Waals surface area contributed by atoms with Gasteiger partial charge in [0.1, 0.15) is 6.10 Å².